The van der Waals surface area contributed by atoms with E-state index in [0.717, 1.165) is 11.8 Å². The Morgan fingerprint density at radius 3 is 2.17 bits per heavy atom. The fourth-order valence-electron chi connectivity index (χ4n) is 1.10. The van der Waals surface area contributed by atoms with Crippen LogP contribution in [0, 0.1) is 0 Å². The van der Waals surface area contributed by atoms with Gasteiger partial charge in [0.1, 0.15) is 0 Å². The number of nitrogens with two attached hydrogens (primary N) is 1. The lowest BCUT2D eigenvalue weighted by Gasteiger charge is -2.03. The SMILES string of the molecule is CC(C)SCCCCCCCN. The molecule has 2 N–H and O–H groups in total. The molecule has 0 aliphatic rings. The van der Waals surface area contributed by atoms with Crippen molar-refractivity contribution in [3.05, 3.63) is 0 Å². The van der Waals surface area contributed by atoms with Crippen molar-refractivity contribution < 1.29 is 0 Å². The molecule has 0 bridgehead atoms. The van der Waals surface area contributed by atoms with Gasteiger partial charge in [-0.3, -0.25) is 0 Å². The minimum Gasteiger partial charge on any atom is -0.330 e. The molecular weight excluding hydrogens is 166 g/mol. The van der Waals surface area contributed by atoms with Gasteiger partial charge in [0.2, 0.25) is 0 Å². The molecule has 1 nitrogen and oxygen atoms in total. The first-order chi connectivity index (χ1) is 5.77. The van der Waals surface area contributed by atoms with Crippen molar-refractivity contribution >= 4 is 11.8 Å². The van der Waals surface area contributed by atoms with Crippen LogP contribution in [0.15, 0.2) is 0 Å². The van der Waals surface area contributed by atoms with Crippen LogP contribution in [0.2, 0.25) is 0 Å². The molecule has 0 saturated heterocycles. The first kappa shape index (κ1) is 12.3. The first-order valence-corrected chi connectivity index (χ1v) is 6.14. The summed E-state index contributed by atoms with van der Waals surface area (Å²) in [6, 6.07) is 0. The molecule has 12 heavy (non-hydrogen) atoms. The number of unbranched alkanes of at least 4 members (excludes halogenated alkanes) is 4. The second-order valence-electron chi connectivity index (χ2n) is 3.48. The summed E-state index contributed by atoms with van der Waals surface area (Å²) in [4.78, 5) is 0. The monoisotopic (exact) mass is 189 g/mol. The highest BCUT2D eigenvalue weighted by molar-refractivity contribution is 7.99. The van der Waals surface area contributed by atoms with E-state index in [-0.39, 0.29) is 0 Å². The summed E-state index contributed by atoms with van der Waals surface area (Å²) in [7, 11) is 0. The van der Waals surface area contributed by atoms with Crippen LogP contribution in [-0.4, -0.2) is 17.5 Å². The van der Waals surface area contributed by atoms with Crippen LogP contribution >= 0.6 is 11.8 Å². The van der Waals surface area contributed by atoms with Crippen molar-refractivity contribution in [1.29, 1.82) is 0 Å². The highest BCUT2D eigenvalue weighted by atomic mass is 32.2. The van der Waals surface area contributed by atoms with Gasteiger partial charge in [0.25, 0.3) is 0 Å². The summed E-state index contributed by atoms with van der Waals surface area (Å²) in [5, 5.41) is 0.800. The zero-order valence-electron chi connectivity index (χ0n) is 8.51. The van der Waals surface area contributed by atoms with Crippen molar-refractivity contribution in [3.8, 4) is 0 Å². The van der Waals surface area contributed by atoms with Gasteiger partial charge in [-0.05, 0) is 30.4 Å². The molecule has 74 valence electrons. The number of hydrogen-bond donors (Lipinski definition) is 1. The van der Waals surface area contributed by atoms with E-state index < -0.39 is 0 Å². The van der Waals surface area contributed by atoms with Crippen LogP contribution in [0.3, 0.4) is 0 Å². The largest absolute Gasteiger partial charge is 0.330 e. The summed E-state index contributed by atoms with van der Waals surface area (Å²) in [6.07, 6.45) is 6.67. The Morgan fingerprint density at radius 1 is 1.00 bits per heavy atom. The van der Waals surface area contributed by atoms with Gasteiger partial charge in [-0.25, -0.2) is 0 Å². The summed E-state index contributed by atoms with van der Waals surface area (Å²) < 4.78 is 0. The minimum atomic E-state index is 0.800. The van der Waals surface area contributed by atoms with Gasteiger partial charge in [0.15, 0.2) is 0 Å². The molecule has 0 amide bonds. The molecule has 0 aliphatic heterocycles. The van der Waals surface area contributed by atoms with Gasteiger partial charge in [0, 0.05) is 0 Å². The average Bonchev–Trinajstić information content (AvgIpc) is 2.02. The summed E-state index contributed by atoms with van der Waals surface area (Å²) in [5.41, 5.74) is 5.41. The maximum Gasteiger partial charge on any atom is -0.000968 e. The zero-order valence-corrected chi connectivity index (χ0v) is 9.33. The molecule has 0 heterocycles. The second kappa shape index (κ2) is 9.40. The Hall–Kier alpha value is 0.310. The molecule has 0 rings (SSSR count). The van der Waals surface area contributed by atoms with Crippen molar-refractivity contribution in [1.82, 2.24) is 0 Å². The molecule has 0 spiro atoms. The van der Waals surface area contributed by atoms with Crippen LogP contribution in [0.5, 0.6) is 0 Å². The number of thioether (sulfide) groups is 1. The highest BCUT2D eigenvalue weighted by Crippen LogP contribution is 2.12. The smallest absolute Gasteiger partial charge is 0.000968 e. The second-order valence-corrected chi connectivity index (χ2v) is 5.16. The van der Waals surface area contributed by atoms with Gasteiger partial charge >= 0.3 is 0 Å². The zero-order chi connectivity index (χ0) is 9.23. The fourth-order valence-corrected chi connectivity index (χ4v) is 1.94. The van der Waals surface area contributed by atoms with E-state index in [1.165, 1.54) is 37.9 Å². The molecule has 0 atom stereocenters. The molecule has 0 radical (unpaired) electrons. The standard InChI is InChI=1S/C10H23NS/c1-10(2)12-9-7-5-3-4-6-8-11/h10H,3-9,11H2,1-2H3. The number of hydrogen-bond acceptors (Lipinski definition) is 2. The Morgan fingerprint density at radius 2 is 1.58 bits per heavy atom. The van der Waals surface area contributed by atoms with Gasteiger partial charge in [-0.15, -0.1) is 0 Å². The highest BCUT2D eigenvalue weighted by Gasteiger charge is 1.93. The molecule has 2 heteroatoms. The van der Waals surface area contributed by atoms with Gasteiger partial charge in [-0.2, -0.15) is 11.8 Å². The molecular formula is C10H23NS. The van der Waals surface area contributed by atoms with E-state index in [9.17, 15) is 0 Å². The third kappa shape index (κ3) is 10.3. The van der Waals surface area contributed by atoms with E-state index in [1.54, 1.807) is 0 Å². The van der Waals surface area contributed by atoms with Gasteiger partial charge in [-0.1, -0.05) is 33.1 Å². The third-order valence-electron chi connectivity index (χ3n) is 1.80. The molecule has 0 aromatic carbocycles. The lowest BCUT2D eigenvalue weighted by atomic mass is 10.2. The molecule has 0 aliphatic carbocycles. The Balaban J connectivity index is 2.82. The maximum atomic E-state index is 5.41. The quantitative estimate of drug-likeness (QED) is 0.594. The summed E-state index contributed by atoms with van der Waals surface area (Å²) in [6.45, 7) is 5.39. The van der Waals surface area contributed by atoms with Crippen LogP contribution in [0.1, 0.15) is 46.0 Å². The normalized spacial score (nSPS) is 11.0. The van der Waals surface area contributed by atoms with Crippen LogP contribution in [-0.2, 0) is 0 Å². The van der Waals surface area contributed by atoms with Crippen molar-refractivity contribution in [2.45, 2.75) is 51.2 Å². The molecule has 0 fully saturated rings. The van der Waals surface area contributed by atoms with E-state index in [1.807, 2.05) is 0 Å². The van der Waals surface area contributed by atoms with Crippen LogP contribution in [0.25, 0.3) is 0 Å². The Kier molecular flexibility index (Phi) is 9.64. The topological polar surface area (TPSA) is 26.0 Å². The molecule has 0 aromatic heterocycles. The molecule has 0 unspecified atom stereocenters. The predicted molar refractivity (Wildman–Crippen MR) is 59.7 cm³/mol. The Labute approximate surface area is 81.5 Å². The lowest BCUT2D eigenvalue weighted by Crippen LogP contribution is -1.97. The van der Waals surface area contributed by atoms with Gasteiger partial charge in [0.05, 0.1) is 0 Å². The van der Waals surface area contributed by atoms with E-state index >= 15 is 0 Å². The van der Waals surface area contributed by atoms with Crippen molar-refractivity contribution in [2.24, 2.45) is 5.73 Å². The van der Waals surface area contributed by atoms with Crippen LogP contribution < -0.4 is 5.73 Å². The van der Waals surface area contributed by atoms with E-state index in [4.69, 9.17) is 5.73 Å². The van der Waals surface area contributed by atoms with Crippen molar-refractivity contribution in [3.63, 3.8) is 0 Å². The van der Waals surface area contributed by atoms with E-state index in [2.05, 4.69) is 25.6 Å². The minimum absolute atomic E-state index is 0.800. The first-order valence-electron chi connectivity index (χ1n) is 5.09. The fraction of sp³-hybridized carbons (Fsp3) is 1.00. The average molecular weight is 189 g/mol. The molecule has 0 saturated carbocycles. The number of rotatable bonds is 8. The maximum absolute atomic E-state index is 5.41. The van der Waals surface area contributed by atoms with Gasteiger partial charge < -0.3 is 5.73 Å². The van der Waals surface area contributed by atoms with Crippen molar-refractivity contribution in [2.75, 3.05) is 12.3 Å². The third-order valence-corrected chi connectivity index (χ3v) is 2.99. The van der Waals surface area contributed by atoms with Crippen LogP contribution in [0.4, 0.5) is 0 Å². The lowest BCUT2D eigenvalue weighted by molar-refractivity contribution is 0.640. The molecule has 0 aromatic rings. The predicted octanol–water partition coefficient (Wildman–Crippen LogP) is 3.04. The summed E-state index contributed by atoms with van der Waals surface area (Å²) in [5.74, 6) is 1.33. The Bertz CT molecular complexity index is 83.9. The summed E-state index contributed by atoms with van der Waals surface area (Å²) >= 11 is 2.07. The van der Waals surface area contributed by atoms with E-state index in [0.29, 0.717) is 0 Å².